The lowest BCUT2D eigenvalue weighted by Gasteiger charge is -2.19. The average molecular weight is 266 g/mol. The van der Waals surface area contributed by atoms with Gasteiger partial charge in [-0.25, -0.2) is 4.39 Å². The summed E-state index contributed by atoms with van der Waals surface area (Å²) in [7, 11) is 0. The number of benzene rings is 1. The number of nitrogens with one attached hydrogen (secondary N) is 2. The normalized spacial score (nSPS) is 10.9. The molecule has 2 amide bonds. The second kappa shape index (κ2) is 6.31. The Morgan fingerprint density at radius 2 is 1.79 bits per heavy atom. The first-order valence-corrected chi connectivity index (χ1v) is 6.13. The first-order valence-electron chi connectivity index (χ1n) is 6.13. The van der Waals surface area contributed by atoms with E-state index in [0.29, 0.717) is 12.0 Å². The van der Waals surface area contributed by atoms with E-state index >= 15 is 0 Å². The fourth-order valence-corrected chi connectivity index (χ4v) is 1.49. The lowest BCUT2D eigenvalue weighted by Crippen LogP contribution is -2.48. The highest BCUT2D eigenvalue weighted by molar-refractivity contribution is 6.35. The zero-order valence-corrected chi connectivity index (χ0v) is 11.4. The Morgan fingerprint density at radius 1 is 1.16 bits per heavy atom. The third-order valence-electron chi connectivity index (χ3n) is 2.33. The van der Waals surface area contributed by atoms with Crippen molar-refractivity contribution in [1.29, 1.82) is 0 Å². The monoisotopic (exact) mass is 266 g/mol. The summed E-state index contributed by atoms with van der Waals surface area (Å²) in [6, 6.07) is 6.35. The van der Waals surface area contributed by atoms with E-state index in [9.17, 15) is 14.0 Å². The molecule has 5 heteroatoms. The summed E-state index contributed by atoms with van der Waals surface area (Å²) in [5, 5.41) is 5.02. The van der Waals surface area contributed by atoms with Gasteiger partial charge in [-0.3, -0.25) is 9.59 Å². The van der Waals surface area contributed by atoms with Crippen molar-refractivity contribution < 1.29 is 14.0 Å². The largest absolute Gasteiger partial charge is 0.348 e. The third-order valence-corrected chi connectivity index (χ3v) is 2.33. The van der Waals surface area contributed by atoms with Crippen LogP contribution in [0.4, 0.5) is 4.39 Å². The minimum absolute atomic E-state index is 0.220. The predicted molar refractivity (Wildman–Crippen MR) is 71.0 cm³/mol. The Morgan fingerprint density at radius 3 is 2.37 bits per heavy atom. The van der Waals surface area contributed by atoms with Gasteiger partial charge in [-0.05, 0) is 38.8 Å². The van der Waals surface area contributed by atoms with Gasteiger partial charge < -0.3 is 10.6 Å². The molecule has 0 fully saturated rings. The molecule has 0 aliphatic rings. The van der Waals surface area contributed by atoms with Gasteiger partial charge >= 0.3 is 11.8 Å². The van der Waals surface area contributed by atoms with E-state index < -0.39 is 17.4 Å². The van der Waals surface area contributed by atoms with Crippen LogP contribution in [-0.4, -0.2) is 23.9 Å². The van der Waals surface area contributed by atoms with E-state index in [4.69, 9.17) is 0 Å². The van der Waals surface area contributed by atoms with Crippen LogP contribution >= 0.6 is 0 Å². The Bertz CT molecular complexity index is 467. The van der Waals surface area contributed by atoms with Crippen LogP contribution in [0.15, 0.2) is 24.3 Å². The minimum Gasteiger partial charge on any atom is -0.348 e. The van der Waals surface area contributed by atoms with Crippen LogP contribution in [0.5, 0.6) is 0 Å². The summed E-state index contributed by atoms with van der Waals surface area (Å²) < 4.78 is 13.3. The van der Waals surface area contributed by atoms with Gasteiger partial charge in [0.15, 0.2) is 0 Å². The van der Waals surface area contributed by atoms with Crippen molar-refractivity contribution in [2.24, 2.45) is 0 Å². The molecule has 0 aliphatic heterocycles. The Balaban J connectivity index is 2.39. The van der Waals surface area contributed by atoms with Crippen LogP contribution in [0.25, 0.3) is 0 Å². The van der Waals surface area contributed by atoms with Crippen molar-refractivity contribution in [1.82, 2.24) is 10.6 Å². The lowest BCUT2D eigenvalue weighted by molar-refractivity contribution is -0.140. The molecule has 0 bridgehead atoms. The molecule has 2 N–H and O–H groups in total. The number of hydrogen-bond donors (Lipinski definition) is 2. The Hall–Kier alpha value is -1.91. The molecule has 4 nitrogen and oxygen atoms in total. The van der Waals surface area contributed by atoms with Crippen molar-refractivity contribution >= 4 is 11.8 Å². The highest BCUT2D eigenvalue weighted by Gasteiger charge is 2.19. The highest BCUT2D eigenvalue weighted by atomic mass is 19.1. The van der Waals surface area contributed by atoms with Crippen molar-refractivity contribution in [3.05, 3.63) is 35.6 Å². The molecule has 104 valence electrons. The lowest BCUT2D eigenvalue weighted by atomic mass is 10.1. The Labute approximate surface area is 112 Å². The zero-order valence-electron chi connectivity index (χ0n) is 11.4. The number of hydrogen-bond acceptors (Lipinski definition) is 2. The summed E-state index contributed by atoms with van der Waals surface area (Å²) in [4.78, 5) is 22.9. The van der Waals surface area contributed by atoms with Crippen LogP contribution in [0, 0.1) is 5.82 Å². The number of carbonyl (C=O) groups excluding carboxylic acids is 2. The summed E-state index contributed by atoms with van der Waals surface area (Å²) >= 11 is 0. The summed E-state index contributed by atoms with van der Waals surface area (Å²) in [6.45, 7) is 5.59. The molecule has 0 heterocycles. The third kappa shape index (κ3) is 5.50. The van der Waals surface area contributed by atoms with Crippen molar-refractivity contribution in [3.63, 3.8) is 0 Å². The van der Waals surface area contributed by atoms with Gasteiger partial charge in [-0.2, -0.15) is 0 Å². The topological polar surface area (TPSA) is 58.2 Å². The molecule has 0 aliphatic carbocycles. The second-order valence-electron chi connectivity index (χ2n) is 5.30. The summed E-state index contributed by atoms with van der Waals surface area (Å²) in [6.07, 6.45) is 0.348. The second-order valence-corrected chi connectivity index (χ2v) is 5.30. The average Bonchev–Trinajstić information content (AvgIpc) is 2.29. The van der Waals surface area contributed by atoms with Crippen molar-refractivity contribution in [3.8, 4) is 0 Å². The van der Waals surface area contributed by atoms with Gasteiger partial charge in [0.2, 0.25) is 0 Å². The highest BCUT2D eigenvalue weighted by Crippen LogP contribution is 2.06. The Kier molecular flexibility index (Phi) is 5.03. The molecule has 0 saturated heterocycles. The zero-order chi connectivity index (χ0) is 14.5. The van der Waals surface area contributed by atoms with Gasteiger partial charge in [0, 0.05) is 12.1 Å². The van der Waals surface area contributed by atoms with Gasteiger partial charge in [-0.15, -0.1) is 0 Å². The maximum Gasteiger partial charge on any atom is 0.309 e. The molecule has 0 spiro atoms. The number of amides is 2. The van der Waals surface area contributed by atoms with E-state index in [1.807, 2.05) is 0 Å². The molecule has 19 heavy (non-hydrogen) atoms. The number of carbonyl (C=O) groups is 2. The van der Waals surface area contributed by atoms with Gasteiger partial charge in [0.1, 0.15) is 5.82 Å². The van der Waals surface area contributed by atoms with Gasteiger partial charge in [-0.1, -0.05) is 18.2 Å². The fourth-order valence-electron chi connectivity index (χ4n) is 1.49. The molecule has 0 unspecified atom stereocenters. The van der Waals surface area contributed by atoms with Crippen LogP contribution in [0.3, 0.4) is 0 Å². The van der Waals surface area contributed by atoms with Crippen molar-refractivity contribution in [2.75, 3.05) is 6.54 Å². The van der Waals surface area contributed by atoms with Crippen LogP contribution in [-0.2, 0) is 16.0 Å². The summed E-state index contributed by atoms with van der Waals surface area (Å²) in [5.41, 5.74) is 0.0546. The molecule has 1 rings (SSSR count). The molecule has 0 atom stereocenters. The van der Waals surface area contributed by atoms with E-state index in [1.54, 1.807) is 39.0 Å². The number of rotatable bonds is 3. The van der Waals surface area contributed by atoms with E-state index in [1.165, 1.54) is 6.07 Å². The first kappa shape index (κ1) is 15.1. The molecule has 0 saturated carbocycles. The predicted octanol–water partition coefficient (Wildman–Crippen LogP) is 1.40. The SMILES string of the molecule is CC(C)(C)NC(=O)C(=O)NCCc1ccccc1F. The summed E-state index contributed by atoms with van der Waals surface area (Å²) in [5.74, 6) is -1.69. The minimum atomic E-state index is -0.703. The molecule has 1 aromatic carbocycles. The van der Waals surface area contributed by atoms with Crippen molar-refractivity contribution in [2.45, 2.75) is 32.7 Å². The quantitative estimate of drug-likeness (QED) is 0.812. The van der Waals surface area contributed by atoms with Gasteiger partial charge in [0.25, 0.3) is 0 Å². The van der Waals surface area contributed by atoms with E-state index in [0.717, 1.165) is 0 Å². The van der Waals surface area contributed by atoms with Crippen LogP contribution in [0.1, 0.15) is 26.3 Å². The van der Waals surface area contributed by atoms with Gasteiger partial charge in [0.05, 0.1) is 0 Å². The molecule has 0 radical (unpaired) electrons. The molecule has 1 aromatic rings. The molecular formula is C14H19FN2O2. The molecular weight excluding hydrogens is 247 g/mol. The smallest absolute Gasteiger partial charge is 0.309 e. The maximum absolute atomic E-state index is 13.3. The number of halogens is 1. The van der Waals surface area contributed by atoms with Crippen LogP contribution in [0.2, 0.25) is 0 Å². The van der Waals surface area contributed by atoms with E-state index in [-0.39, 0.29) is 12.4 Å². The first-order chi connectivity index (χ1) is 8.79. The maximum atomic E-state index is 13.3. The molecule has 0 aromatic heterocycles. The van der Waals surface area contributed by atoms with Crippen LogP contribution < -0.4 is 10.6 Å². The van der Waals surface area contributed by atoms with E-state index in [2.05, 4.69) is 10.6 Å². The standard InChI is InChI=1S/C14H19FN2O2/c1-14(2,3)17-13(19)12(18)16-9-8-10-6-4-5-7-11(10)15/h4-7H,8-9H2,1-3H3,(H,16,18)(H,17,19). The fraction of sp³-hybridized carbons (Fsp3) is 0.429.